The van der Waals surface area contributed by atoms with Gasteiger partial charge in [0, 0.05) is 12.2 Å². The first-order valence-electron chi connectivity index (χ1n) is 11.7. The summed E-state index contributed by atoms with van der Waals surface area (Å²) in [4.78, 5) is 2.90. The normalized spacial score (nSPS) is 22.4. The highest BCUT2D eigenvalue weighted by Gasteiger charge is 2.38. The molecular formula is C26H38N2O2S. The second kappa shape index (κ2) is 10.2. The van der Waals surface area contributed by atoms with Crippen molar-refractivity contribution in [1.82, 2.24) is 4.90 Å². The molecule has 0 saturated carbocycles. The van der Waals surface area contributed by atoms with E-state index in [-0.39, 0.29) is 5.41 Å². The smallest absolute Gasteiger partial charge is 0.261 e. The van der Waals surface area contributed by atoms with Crippen molar-refractivity contribution < 1.29 is 8.42 Å². The van der Waals surface area contributed by atoms with Gasteiger partial charge in [-0.25, -0.2) is 8.42 Å². The van der Waals surface area contributed by atoms with Gasteiger partial charge in [0.15, 0.2) is 0 Å². The van der Waals surface area contributed by atoms with E-state index < -0.39 is 10.0 Å². The van der Waals surface area contributed by atoms with Crippen LogP contribution in [0.15, 0.2) is 53.4 Å². The van der Waals surface area contributed by atoms with Crippen LogP contribution in [-0.2, 0) is 15.4 Å². The second-order valence-electron chi connectivity index (χ2n) is 9.43. The molecule has 170 valence electrons. The summed E-state index contributed by atoms with van der Waals surface area (Å²) in [5.74, 6) is 0.510. The molecule has 5 heteroatoms. The Balaban J connectivity index is 1.71. The molecule has 0 radical (unpaired) electrons. The number of anilines is 1. The zero-order valence-electron chi connectivity index (χ0n) is 19.5. The lowest BCUT2D eigenvalue weighted by atomic mass is 9.68. The summed E-state index contributed by atoms with van der Waals surface area (Å²) in [6.07, 6.45) is 6.30. The van der Waals surface area contributed by atoms with Gasteiger partial charge in [0.05, 0.1) is 4.90 Å². The highest BCUT2D eigenvalue weighted by atomic mass is 32.2. The maximum atomic E-state index is 12.9. The van der Waals surface area contributed by atoms with Gasteiger partial charge in [-0.15, -0.1) is 0 Å². The van der Waals surface area contributed by atoms with Gasteiger partial charge >= 0.3 is 0 Å². The van der Waals surface area contributed by atoms with E-state index in [1.807, 2.05) is 31.2 Å². The minimum Gasteiger partial charge on any atom is -0.303 e. The molecule has 0 spiro atoms. The van der Waals surface area contributed by atoms with Gasteiger partial charge in [-0.1, -0.05) is 64.3 Å². The average Bonchev–Trinajstić information content (AvgIpc) is 2.74. The molecule has 3 rings (SSSR count). The van der Waals surface area contributed by atoms with Crippen LogP contribution in [0.3, 0.4) is 0 Å². The minimum absolute atomic E-state index is 0.0463. The number of nitrogens with zero attached hydrogens (tertiary/aromatic N) is 1. The summed E-state index contributed by atoms with van der Waals surface area (Å²) in [6, 6.07) is 15.0. The summed E-state index contributed by atoms with van der Waals surface area (Å²) in [6.45, 7) is 12.2. The molecule has 1 fully saturated rings. The zero-order valence-corrected chi connectivity index (χ0v) is 20.3. The van der Waals surface area contributed by atoms with Crippen LogP contribution in [0, 0.1) is 12.8 Å². The number of nitrogens with one attached hydrogen (secondary N) is 1. The predicted molar refractivity (Wildman–Crippen MR) is 130 cm³/mol. The number of hydrogen-bond acceptors (Lipinski definition) is 3. The SMILES string of the molecule is CCCCCCN1CCC(C)(c2cccc(NS(=O)(=O)c3cccc(C)c3)c2)C(C)C1. The highest BCUT2D eigenvalue weighted by molar-refractivity contribution is 7.92. The number of benzene rings is 2. The van der Waals surface area contributed by atoms with Gasteiger partial charge in [-0.3, -0.25) is 4.72 Å². The first kappa shape index (κ1) is 23.8. The van der Waals surface area contributed by atoms with Crippen molar-refractivity contribution in [1.29, 1.82) is 0 Å². The molecule has 2 atom stereocenters. The van der Waals surface area contributed by atoms with E-state index in [2.05, 4.69) is 36.5 Å². The molecule has 4 nitrogen and oxygen atoms in total. The first-order valence-corrected chi connectivity index (χ1v) is 13.2. The van der Waals surface area contributed by atoms with Crippen LogP contribution in [-0.4, -0.2) is 33.0 Å². The molecule has 2 unspecified atom stereocenters. The van der Waals surface area contributed by atoms with E-state index in [0.29, 0.717) is 16.5 Å². The Morgan fingerprint density at radius 2 is 1.87 bits per heavy atom. The molecule has 0 bridgehead atoms. The molecule has 0 amide bonds. The molecule has 2 aromatic rings. The van der Waals surface area contributed by atoms with Crippen molar-refractivity contribution in [3.8, 4) is 0 Å². The van der Waals surface area contributed by atoms with Crippen molar-refractivity contribution in [3.63, 3.8) is 0 Å². The van der Waals surface area contributed by atoms with Gasteiger partial charge in [0.2, 0.25) is 0 Å². The van der Waals surface area contributed by atoms with Gasteiger partial charge in [-0.2, -0.15) is 0 Å². The van der Waals surface area contributed by atoms with E-state index in [4.69, 9.17) is 0 Å². The Bertz CT molecular complexity index is 973. The Morgan fingerprint density at radius 1 is 1.10 bits per heavy atom. The van der Waals surface area contributed by atoms with E-state index in [1.165, 1.54) is 37.8 Å². The van der Waals surface area contributed by atoms with Gasteiger partial charge in [0.1, 0.15) is 0 Å². The van der Waals surface area contributed by atoms with Crippen LogP contribution in [0.25, 0.3) is 0 Å². The third-order valence-electron chi connectivity index (χ3n) is 6.97. The van der Waals surface area contributed by atoms with Gasteiger partial charge < -0.3 is 4.90 Å². The summed E-state index contributed by atoms with van der Waals surface area (Å²) in [5.41, 5.74) is 2.83. The molecule has 0 aliphatic carbocycles. The van der Waals surface area contributed by atoms with Crippen molar-refractivity contribution in [2.24, 2.45) is 5.92 Å². The number of unbranched alkanes of at least 4 members (excludes halogenated alkanes) is 3. The molecule has 31 heavy (non-hydrogen) atoms. The van der Waals surface area contributed by atoms with E-state index in [1.54, 1.807) is 18.2 Å². The predicted octanol–water partition coefficient (Wildman–Crippen LogP) is 5.98. The van der Waals surface area contributed by atoms with Crippen LogP contribution in [0.2, 0.25) is 0 Å². The van der Waals surface area contributed by atoms with Crippen LogP contribution < -0.4 is 4.72 Å². The topological polar surface area (TPSA) is 49.4 Å². The lowest BCUT2D eigenvalue weighted by molar-refractivity contribution is 0.109. The Morgan fingerprint density at radius 3 is 2.58 bits per heavy atom. The fourth-order valence-electron chi connectivity index (χ4n) is 4.65. The Labute approximate surface area is 189 Å². The molecule has 1 saturated heterocycles. The third kappa shape index (κ3) is 5.89. The first-order chi connectivity index (χ1) is 14.7. The summed E-state index contributed by atoms with van der Waals surface area (Å²) >= 11 is 0. The third-order valence-corrected chi connectivity index (χ3v) is 8.35. The number of sulfonamides is 1. The second-order valence-corrected chi connectivity index (χ2v) is 11.1. The summed E-state index contributed by atoms with van der Waals surface area (Å²) in [7, 11) is -3.60. The molecule has 1 aliphatic heterocycles. The van der Waals surface area contributed by atoms with Crippen molar-refractivity contribution >= 4 is 15.7 Å². The molecule has 0 aromatic heterocycles. The van der Waals surface area contributed by atoms with Crippen molar-refractivity contribution in [2.45, 2.75) is 70.1 Å². The van der Waals surface area contributed by atoms with Crippen LogP contribution >= 0.6 is 0 Å². The van der Waals surface area contributed by atoms with Crippen molar-refractivity contribution in [3.05, 3.63) is 59.7 Å². The monoisotopic (exact) mass is 442 g/mol. The van der Waals surface area contributed by atoms with Crippen LogP contribution in [0.4, 0.5) is 5.69 Å². The van der Waals surface area contributed by atoms with Gasteiger partial charge in [0.25, 0.3) is 10.0 Å². The molecular weight excluding hydrogens is 404 g/mol. The number of piperidine rings is 1. The van der Waals surface area contributed by atoms with E-state index in [0.717, 1.165) is 25.1 Å². The van der Waals surface area contributed by atoms with E-state index in [9.17, 15) is 8.42 Å². The number of aryl methyl sites for hydroxylation is 1. The number of likely N-dealkylation sites (tertiary alicyclic amines) is 1. The largest absolute Gasteiger partial charge is 0.303 e. The molecule has 2 aromatic carbocycles. The quantitative estimate of drug-likeness (QED) is 0.486. The van der Waals surface area contributed by atoms with E-state index >= 15 is 0 Å². The standard InChI is InChI=1S/C26H38N2O2S/c1-5-6-7-8-16-28-17-15-26(4,22(3)20-28)23-12-10-13-24(19-23)27-31(29,30)25-14-9-11-21(2)18-25/h9-14,18-19,22,27H,5-8,15-17,20H2,1-4H3. The highest BCUT2D eigenvalue weighted by Crippen LogP contribution is 2.40. The Hall–Kier alpha value is -1.85. The summed E-state index contributed by atoms with van der Waals surface area (Å²) in [5, 5.41) is 0. The summed E-state index contributed by atoms with van der Waals surface area (Å²) < 4.78 is 28.5. The fraction of sp³-hybridized carbons (Fsp3) is 0.538. The number of hydrogen-bond donors (Lipinski definition) is 1. The van der Waals surface area contributed by atoms with Gasteiger partial charge in [-0.05, 0) is 79.6 Å². The maximum absolute atomic E-state index is 12.9. The molecule has 1 heterocycles. The molecule has 1 N–H and O–H groups in total. The lowest BCUT2D eigenvalue weighted by Crippen LogP contribution is -2.47. The lowest BCUT2D eigenvalue weighted by Gasteiger charge is -2.45. The van der Waals surface area contributed by atoms with Crippen LogP contribution in [0.5, 0.6) is 0 Å². The fourth-order valence-corrected chi connectivity index (χ4v) is 5.80. The zero-order chi connectivity index (χ0) is 22.5. The Kier molecular flexibility index (Phi) is 7.82. The van der Waals surface area contributed by atoms with Crippen molar-refractivity contribution in [2.75, 3.05) is 24.4 Å². The number of rotatable bonds is 9. The molecule has 1 aliphatic rings. The minimum atomic E-state index is -3.60. The average molecular weight is 443 g/mol. The maximum Gasteiger partial charge on any atom is 0.261 e. The van der Waals surface area contributed by atoms with Crippen LogP contribution in [0.1, 0.15) is 64.0 Å².